The van der Waals surface area contributed by atoms with Crippen molar-refractivity contribution in [3.05, 3.63) is 60.4 Å². The fourth-order valence-electron chi connectivity index (χ4n) is 1.55. The average Bonchev–Trinajstić information content (AvgIpc) is 2.54. The molecular formula is C15H15N3O2S. The minimum Gasteiger partial charge on any atom is -0.272 e. The van der Waals surface area contributed by atoms with Gasteiger partial charge in [0.25, 0.3) is 11.8 Å². The van der Waals surface area contributed by atoms with Crippen molar-refractivity contribution in [2.24, 2.45) is 0 Å². The molecule has 0 radical (unpaired) electrons. The van der Waals surface area contributed by atoms with E-state index >= 15 is 0 Å². The van der Waals surface area contributed by atoms with Crippen molar-refractivity contribution in [3.63, 3.8) is 0 Å². The first-order valence-corrected chi connectivity index (χ1v) is 7.26. The van der Waals surface area contributed by atoms with Gasteiger partial charge in [0.15, 0.2) is 0 Å². The van der Waals surface area contributed by atoms with Crippen LogP contribution < -0.4 is 10.9 Å². The van der Waals surface area contributed by atoms with E-state index in [2.05, 4.69) is 15.8 Å². The first-order valence-electron chi connectivity index (χ1n) is 6.39. The van der Waals surface area contributed by atoms with Crippen LogP contribution in [0.25, 0.3) is 0 Å². The Labute approximate surface area is 127 Å². The van der Waals surface area contributed by atoms with Crippen LogP contribution in [0.2, 0.25) is 0 Å². The number of hydrogen-bond acceptors (Lipinski definition) is 4. The van der Waals surface area contributed by atoms with Gasteiger partial charge < -0.3 is 0 Å². The van der Waals surface area contributed by atoms with Crippen LogP contribution in [0.15, 0.2) is 59.8 Å². The third kappa shape index (κ3) is 4.61. The summed E-state index contributed by atoms with van der Waals surface area (Å²) in [5, 5.41) is -0.315. The molecule has 21 heavy (non-hydrogen) atoms. The molecule has 2 rings (SSSR count). The predicted molar refractivity (Wildman–Crippen MR) is 81.6 cm³/mol. The minimum absolute atomic E-state index is 0.258. The van der Waals surface area contributed by atoms with Gasteiger partial charge in [0, 0.05) is 22.9 Å². The Morgan fingerprint density at radius 3 is 2.38 bits per heavy atom. The van der Waals surface area contributed by atoms with Crippen LogP contribution in [-0.2, 0) is 4.79 Å². The van der Waals surface area contributed by atoms with Crippen LogP contribution in [0.1, 0.15) is 17.3 Å². The molecule has 0 unspecified atom stereocenters. The topological polar surface area (TPSA) is 71.1 Å². The number of pyridine rings is 1. The zero-order valence-corrected chi connectivity index (χ0v) is 12.3. The van der Waals surface area contributed by atoms with E-state index in [0.29, 0.717) is 5.56 Å². The molecule has 2 N–H and O–H groups in total. The molecule has 1 aromatic carbocycles. The lowest BCUT2D eigenvalue weighted by atomic mass is 10.3. The number of nitrogens with zero attached hydrogens (tertiary/aromatic N) is 1. The maximum atomic E-state index is 11.9. The van der Waals surface area contributed by atoms with Crippen molar-refractivity contribution in [2.45, 2.75) is 17.1 Å². The molecule has 1 atom stereocenters. The highest BCUT2D eigenvalue weighted by molar-refractivity contribution is 8.00. The van der Waals surface area contributed by atoms with Crippen molar-refractivity contribution in [1.82, 2.24) is 15.8 Å². The number of rotatable bonds is 4. The molecular weight excluding hydrogens is 286 g/mol. The molecule has 0 spiro atoms. The SMILES string of the molecule is C[C@H](Sc1ccccc1)C(=O)NNC(=O)c1ccncc1. The van der Waals surface area contributed by atoms with E-state index in [9.17, 15) is 9.59 Å². The smallest absolute Gasteiger partial charge is 0.269 e. The molecule has 0 aliphatic rings. The van der Waals surface area contributed by atoms with Gasteiger partial charge in [-0.3, -0.25) is 25.4 Å². The zero-order chi connectivity index (χ0) is 15.1. The van der Waals surface area contributed by atoms with Crippen LogP contribution >= 0.6 is 11.8 Å². The first kappa shape index (κ1) is 15.1. The van der Waals surface area contributed by atoms with Gasteiger partial charge in [-0.15, -0.1) is 11.8 Å². The number of thioether (sulfide) groups is 1. The number of benzene rings is 1. The number of hydrazine groups is 1. The minimum atomic E-state index is -0.373. The van der Waals surface area contributed by atoms with Crippen LogP contribution in [0.4, 0.5) is 0 Å². The van der Waals surface area contributed by atoms with Crippen LogP contribution in [0.3, 0.4) is 0 Å². The summed E-state index contributed by atoms with van der Waals surface area (Å²) in [6.07, 6.45) is 3.04. The standard InChI is InChI=1S/C15H15N3O2S/c1-11(21-13-5-3-2-4-6-13)14(19)17-18-15(20)12-7-9-16-10-8-12/h2-11H,1H3,(H,17,19)(H,18,20)/t11-/m0/s1. The Morgan fingerprint density at radius 1 is 1.05 bits per heavy atom. The lowest BCUT2D eigenvalue weighted by molar-refractivity contribution is -0.121. The molecule has 6 heteroatoms. The molecule has 0 saturated carbocycles. The maximum absolute atomic E-state index is 11.9. The maximum Gasteiger partial charge on any atom is 0.269 e. The predicted octanol–water partition coefficient (Wildman–Crippen LogP) is 2.02. The monoisotopic (exact) mass is 301 g/mol. The molecule has 0 aliphatic heterocycles. The highest BCUT2D eigenvalue weighted by Gasteiger charge is 2.15. The number of carbonyl (C=O) groups excluding carboxylic acids is 2. The van der Waals surface area contributed by atoms with Crippen molar-refractivity contribution in [2.75, 3.05) is 0 Å². The highest BCUT2D eigenvalue weighted by atomic mass is 32.2. The van der Waals surface area contributed by atoms with Gasteiger partial charge in [0.1, 0.15) is 0 Å². The van der Waals surface area contributed by atoms with Gasteiger partial charge in [-0.25, -0.2) is 0 Å². The molecule has 1 aromatic heterocycles. The van der Waals surface area contributed by atoms with E-state index in [1.54, 1.807) is 19.1 Å². The summed E-state index contributed by atoms with van der Waals surface area (Å²) in [7, 11) is 0. The third-order valence-corrected chi connectivity index (χ3v) is 3.78. The summed E-state index contributed by atoms with van der Waals surface area (Å²) in [5.74, 6) is -0.631. The van der Waals surface area contributed by atoms with Gasteiger partial charge in [-0.05, 0) is 31.2 Å². The molecule has 1 heterocycles. The van der Waals surface area contributed by atoms with Gasteiger partial charge in [-0.1, -0.05) is 18.2 Å². The van der Waals surface area contributed by atoms with E-state index in [4.69, 9.17) is 0 Å². The van der Waals surface area contributed by atoms with E-state index in [-0.39, 0.29) is 17.1 Å². The molecule has 0 fully saturated rings. The fourth-order valence-corrected chi connectivity index (χ4v) is 2.44. The van der Waals surface area contributed by atoms with Crippen LogP contribution in [0, 0.1) is 0 Å². The molecule has 0 aliphatic carbocycles. The number of hydrogen-bond donors (Lipinski definition) is 2. The van der Waals surface area contributed by atoms with E-state index in [0.717, 1.165) is 4.90 Å². The van der Waals surface area contributed by atoms with E-state index < -0.39 is 0 Å². The van der Waals surface area contributed by atoms with Crippen molar-refractivity contribution in [1.29, 1.82) is 0 Å². The van der Waals surface area contributed by atoms with Gasteiger partial charge in [0.05, 0.1) is 5.25 Å². The number of aromatic nitrogens is 1. The summed E-state index contributed by atoms with van der Waals surface area (Å²) in [5.41, 5.74) is 5.25. The highest BCUT2D eigenvalue weighted by Crippen LogP contribution is 2.22. The normalized spacial score (nSPS) is 11.5. The first-order chi connectivity index (χ1) is 10.2. The Morgan fingerprint density at radius 2 is 1.71 bits per heavy atom. The van der Waals surface area contributed by atoms with Gasteiger partial charge in [0.2, 0.25) is 0 Å². The summed E-state index contributed by atoms with van der Waals surface area (Å²) >= 11 is 1.43. The van der Waals surface area contributed by atoms with E-state index in [1.165, 1.54) is 24.2 Å². The summed E-state index contributed by atoms with van der Waals surface area (Å²) in [6.45, 7) is 1.78. The largest absolute Gasteiger partial charge is 0.272 e. The Balaban J connectivity index is 1.83. The number of amides is 2. The Kier molecular flexibility index (Phi) is 5.34. The van der Waals surface area contributed by atoms with E-state index in [1.807, 2.05) is 30.3 Å². The third-order valence-electron chi connectivity index (χ3n) is 2.67. The summed E-state index contributed by atoms with van der Waals surface area (Å²) < 4.78 is 0. The lowest BCUT2D eigenvalue weighted by Gasteiger charge is -2.12. The molecule has 0 bridgehead atoms. The molecule has 0 saturated heterocycles. The zero-order valence-electron chi connectivity index (χ0n) is 11.4. The Hall–Kier alpha value is -2.34. The number of nitrogens with one attached hydrogen (secondary N) is 2. The summed E-state index contributed by atoms with van der Waals surface area (Å²) in [6, 6.07) is 12.8. The van der Waals surface area contributed by atoms with Gasteiger partial charge >= 0.3 is 0 Å². The van der Waals surface area contributed by atoms with Gasteiger partial charge in [-0.2, -0.15) is 0 Å². The second kappa shape index (κ2) is 7.44. The molecule has 5 nitrogen and oxygen atoms in total. The molecule has 108 valence electrons. The van der Waals surface area contributed by atoms with Crippen LogP contribution in [0.5, 0.6) is 0 Å². The van der Waals surface area contributed by atoms with Crippen molar-refractivity contribution in [3.8, 4) is 0 Å². The second-order valence-electron chi connectivity index (χ2n) is 4.25. The van der Waals surface area contributed by atoms with Crippen molar-refractivity contribution < 1.29 is 9.59 Å². The second-order valence-corrected chi connectivity index (χ2v) is 5.67. The molecule has 2 aromatic rings. The van der Waals surface area contributed by atoms with Crippen LogP contribution in [-0.4, -0.2) is 22.0 Å². The fraction of sp³-hybridized carbons (Fsp3) is 0.133. The summed E-state index contributed by atoms with van der Waals surface area (Å²) in [4.78, 5) is 28.5. The quantitative estimate of drug-likeness (QED) is 0.669. The molecule has 2 amide bonds. The number of carbonyl (C=O) groups is 2. The van der Waals surface area contributed by atoms with Crippen molar-refractivity contribution >= 4 is 23.6 Å². The lowest BCUT2D eigenvalue weighted by Crippen LogP contribution is -2.44. The average molecular weight is 301 g/mol. The Bertz CT molecular complexity index is 605.